The van der Waals surface area contributed by atoms with Crippen LogP contribution in [0.25, 0.3) is 0 Å². The van der Waals surface area contributed by atoms with E-state index in [2.05, 4.69) is 24.5 Å². The lowest BCUT2D eigenvalue weighted by atomic mass is 9.99. The van der Waals surface area contributed by atoms with Gasteiger partial charge < -0.3 is 10.6 Å². The van der Waals surface area contributed by atoms with Gasteiger partial charge in [0.05, 0.1) is 6.04 Å². The molecule has 0 atom stereocenters. The summed E-state index contributed by atoms with van der Waals surface area (Å²) in [5, 5.41) is 15.9. The first-order valence-corrected chi connectivity index (χ1v) is 10.6. The molecule has 4 heteroatoms. The summed E-state index contributed by atoms with van der Waals surface area (Å²) in [6.07, 6.45) is 3.12. The summed E-state index contributed by atoms with van der Waals surface area (Å²) in [6, 6.07) is 27.8. The fourth-order valence-electron chi connectivity index (χ4n) is 3.58. The van der Waals surface area contributed by atoms with Gasteiger partial charge in [-0.2, -0.15) is 5.26 Å². The van der Waals surface area contributed by atoms with Crippen LogP contribution in [0, 0.1) is 11.3 Å². The van der Waals surface area contributed by atoms with Crippen molar-refractivity contribution in [3.63, 3.8) is 0 Å². The lowest BCUT2D eigenvalue weighted by Gasteiger charge is -2.19. The van der Waals surface area contributed by atoms with Crippen LogP contribution in [0.3, 0.4) is 0 Å². The number of nitrogens with zero attached hydrogens (tertiary/aromatic N) is 1. The molecule has 0 saturated heterocycles. The first-order chi connectivity index (χ1) is 15.2. The Kier molecular flexibility index (Phi) is 7.61. The van der Waals surface area contributed by atoms with Gasteiger partial charge in [0.25, 0.3) is 5.91 Å². The third-order valence-corrected chi connectivity index (χ3v) is 5.26. The monoisotopic (exact) mass is 409 g/mol. The average Bonchev–Trinajstić information content (AvgIpc) is 2.83. The third-order valence-electron chi connectivity index (χ3n) is 5.26. The molecular weight excluding hydrogens is 382 g/mol. The van der Waals surface area contributed by atoms with Crippen LogP contribution in [0.5, 0.6) is 0 Å². The molecule has 0 heterocycles. The maximum atomic E-state index is 12.9. The van der Waals surface area contributed by atoms with Gasteiger partial charge in [0.15, 0.2) is 0 Å². The predicted molar refractivity (Wildman–Crippen MR) is 125 cm³/mol. The molecule has 3 aromatic rings. The number of para-hydroxylation sites is 1. The van der Waals surface area contributed by atoms with Gasteiger partial charge in [0.2, 0.25) is 0 Å². The highest BCUT2D eigenvalue weighted by atomic mass is 16.1. The van der Waals surface area contributed by atoms with Crippen molar-refractivity contribution < 1.29 is 4.79 Å². The minimum absolute atomic E-state index is 0.0322. The number of carbonyl (C=O) groups excluding carboxylic acids is 1. The van der Waals surface area contributed by atoms with Crippen LogP contribution in [-0.4, -0.2) is 5.91 Å². The predicted octanol–water partition coefficient (Wildman–Crippen LogP) is 5.54. The minimum atomic E-state index is -0.412. The maximum absolute atomic E-state index is 12.9. The average molecular weight is 410 g/mol. The van der Waals surface area contributed by atoms with E-state index in [1.807, 2.05) is 84.9 Å². The lowest BCUT2D eigenvalue weighted by molar-refractivity contribution is -0.112. The van der Waals surface area contributed by atoms with E-state index < -0.39 is 5.91 Å². The zero-order valence-corrected chi connectivity index (χ0v) is 17.9. The van der Waals surface area contributed by atoms with Crippen molar-refractivity contribution in [1.82, 2.24) is 5.32 Å². The van der Waals surface area contributed by atoms with Crippen molar-refractivity contribution in [1.29, 1.82) is 5.26 Å². The Morgan fingerprint density at radius 3 is 1.84 bits per heavy atom. The summed E-state index contributed by atoms with van der Waals surface area (Å²) in [7, 11) is 0. The van der Waals surface area contributed by atoms with Crippen molar-refractivity contribution in [2.75, 3.05) is 5.32 Å². The van der Waals surface area contributed by atoms with Gasteiger partial charge in [-0.3, -0.25) is 4.79 Å². The van der Waals surface area contributed by atoms with E-state index in [1.165, 1.54) is 6.20 Å². The number of carbonyl (C=O) groups is 1. The zero-order chi connectivity index (χ0) is 22.1. The van der Waals surface area contributed by atoms with Gasteiger partial charge in [-0.1, -0.05) is 92.7 Å². The minimum Gasteiger partial charge on any atom is -0.379 e. The van der Waals surface area contributed by atoms with E-state index in [1.54, 1.807) is 0 Å². The van der Waals surface area contributed by atoms with E-state index >= 15 is 0 Å². The Bertz CT molecular complexity index is 1020. The molecule has 0 spiro atoms. The third kappa shape index (κ3) is 5.40. The fourth-order valence-corrected chi connectivity index (χ4v) is 3.58. The number of hydrogen-bond acceptors (Lipinski definition) is 3. The van der Waals surface area contributed by atoms with Crippen molar-refractivity contribution >= 4 is 11.6 Å². The van der Waals surface area contributed by atoms with Gasteiger partial charge in [-0.05, 0) is 35.1 Å². The second-order valence-corrected chi connectivity index (χ2v) is 7.20. The van der Waals surface area contributed by atoms with E-state index in [0.29, 0.717) is 0 Å². The van der Waals surface area contributed by atoms with Crippen LogP contribution in [0.2, 0.25) is 0 Å². The zero-order valence-electron chi connectivity index (χ0n) is 17.9. The topological polar surface area (TPSA) is 64.9 Å². The summed E-state index contributed by atoms with van der Waals surface area (Å²) in [4.78, 5) is 12.9. The molecule has 0 unspecified atom stereocenters. The van der Waals surface area contributed by atoms with Crippen LogP contribution < -0.4 is 10.6 Å². The van der Waals surface area contributed by atoms with Crippen molar-refractivity contribution in [3.8, 4) is 6.07 Å². The number of amides is 1. The Hall–Kier alpha value is -3.84. The number of anilines is 1. The Balaban J connectivity index is 1.87. The molecule has 156 valence electrons. The number of rotatable bonds is 8. The molecule has 0 aromatic heterocycles. The van der Waals surface area contributed by atoms with Gasteiger partial charge in [0, 0.05) is 11.9 Å². The first-order valence-electron chi connectivity index (χ1n) is 10.6. The van der Waals surface area contributed by atoms with Crippen LogP contribution >= 0.6 is 0 Å². The molecule has 0 aliphatic heterocycles. The summed E-state index contributed by atoms with van der Waals surface area (Å²) in [6.45, 7) is 4.11. The highest BCUT2D eigenvalue weighted by molar-refractivity contribution is 6.07. The number of benzene rings is 3. The normalized spacial score (nSPS) is 11.1. The van der Waals surface area contributed by atoms with E-state index in [4.69, 9.17) is 0 Å². The van der Waals surface area contributed by atoms with Crippen molar-refractivity contribution in [2.24, 2.45) is 0 Å². The first kappa shape index (κ1) is 21.9. The molecule has 0 aliphatic carbocycles. The summed E-state index contributed by atoms with van der Waals surface area (Å²) >= 11 is 0. The smallest absolute Gasteiger partial charge is 0.267 e. The molecule has 0 bridgehead atoms. The molecule has 2 N–H and O–H groups in total. The SMILES string of the molecule is CCc1cccc(CC)c1NC(=O)/C(C#N)=C\NC(c1ccccc1)c1ccccc1. The highest BCUT2D eigenvalue weighted by Crippen LogP contribution is 2.24. The molecule has 4 nitrogen and oxygen atoms in total. The molecule has 0 radical (unpaired) electrons. The van der Waals surface area contributed by atoms with Crippen molar-refractivity contribution in [2.45, 2.75) is 32.7 Å². The van der Waals surface area contributed by atoms with Crippen molar-refractivity contribution in [3.05, 3.63) is 113 Å². The van der Waals surface area contributed by atoms with Gasteiger partial charge in [0.1, 0.15) is 11.6 Å². The number of nitrogens with one attached hydrogen (secondary N) is 2. The molecular formula is C27H27N3O. The summed E-state index contributed by atoms with van der Waals surface area (Å²) in [5.74, 6) is -0.412. The molecule has 0 aliphatic rings. The van der Waals surface area contributed by atoms with Gasteiger partial charge in [-0.15, -0.1) is 0 Å². The molecule has 0 saturated carbocycles. The second-order valence-electron chi connectivity index (χ2n) is 7.20. The second kappa shape index (κ2) is 10.8. The molecule has 1 amide bonds. The van der Waals surface area contributed by atoms with Crippen LogP contribution in [0.4, 0.5) is 5.69 Å². The Morgan fingerprint density at radius 1 is 0.871 bits per heavy atom. The Labute approximate surface area is 184 Å². The number of nitriles is 1. The van der Waals surface area contributed by atoms with Crippen LogP contribution in [-0.2, 0) is 17.6 Å². The van der Waals surface area contributed by atoms with Gasteiger partial charge >= 0.3 is 0 Å². The Morgan fingerprint density at radius 2 is 1.39 bits per heavy atom. The van der Waals surface area contributed by atoms with E-state index in [-0.39, 0.29) is 11.6 Å². The fraction of sp³-hybridized carbons (Fsp3) is 0.185. The largest absolute Gasteiger partial charge is 0.379 e. The van der Waals surface area contributed by atoms with E-state index in [9.17, 15) is 10.1 Å². The van der Waals surface area contributed by atoms with E-state index in [0.717, 1.165) is 40.8 Å². The number of hydrogen-bond donors (Lipinski definition) is 2. The van der Waals surface area contributed by atoms with Crippen LogP contribution in [0.15, 0.2) is 90.6 Å². The molecule has 0 fully saturated rings. The van der Waals surface area contributed by atoms with Crippen LogP contribution in [0.1, 0.15) is 42.1 Å². The molecule has 3 aromatic carbocycles. The lowest BCUT2D eigenvalue weighted by Crippen LogP contribution is -2.21. The maximum Gasteiger partial charge on any atom is 0.267 e. The summed E-state index contributed by atoms with van der Waals surface area (Å²) < 4.78 is 0. The quantitative estimate of drug-likeness (QED) is 0.379. The number of aryl methyl sites for hydroxylation is 2. The standard InChI is InChI=1S/C27H27N3O/c1-3-20-16-11-17-21(4-2)26(20)30-27(31)24(18-28)19-29-25(22-12-7-5-8-13-22)23-14-9-6-10-15-23/h5-17,19,25,29H,3-4H2,1-2H3,(H,30,31)/b24-19-. The molecule has 31 heavy (non-hydrogen) atoms. The summed E-state index contributed by atoms with van der Waals surface area (Å²) in [5.41, 5.74) is 5.06. The molecule has 3 rings (SSSR count). The highest BCUT2D eigenvalue weighted by Gasteiger charge is 2.16. The van der Waals surface area contributed by atoms with Gasteiger partial charge in [-0.25, -0.2) is 0 Å².